The highest BCUT2D eigenvalue weighted by Crippen LogP contribution is 2.41. The fourth-order valence-corrected chi connectivity index (χ4v) is 4.67. The van der Waals surface area contributed by atoms with Gasteiger partial charge in [-0.3, -0.25) is 4.79 Å². The van der Waals surface area contributed by atoms with E-state index in [1.165, 1.54) is 12.1 Å². The van der Waals surface area contributed by atoms with Crippen LogP contribution in [0.15, 0.2) is 43.1 Å². The summed E-state index contributed by atoms with van der Waals surface area (Å²) in [5.41, 5.74) is 2.15. The van der Waals surface area contributed by atoms with Gasteiger partial charge in [-0.2, -0.15) is 0 Å². The summed E-state index contributed by atoms with van der Waals surface area (Å²) in [7, 11) is 0. The first kappa shape index (κ1) is 25.7. The zero-order valence-electron chi connectivity index (χ0n) is 20.2. The van der Waals surface area contributed by atoms with Gasteiger partial charge in [-0.25, -0.2) is 8.78 Å². The summed E-state index contributed by atoms with van der Waals surface area (Å²) >= 11 is 0. The first-order valence-corrected chi connectivity index (χ1v) is 12.0. The number of nitrogens with zero attached hydrogens (tertiary/aromatic N) is 1. The molecule has 2 heterocycles. The maximum atomic E-state index is 13.7. The van der Waals surface area contributed by atoms with Gasteiger partial charge in [0.25, 0.3) is 0 Å². The standard InChI is InChI=1S/C22H24F2N2O2.C5H11N/c1-13-5-6-21(15-8-17(23)12-18(24)9-15)26(13)22(27)16-10-19(11-16)28-14(2)20-4-3-7-25-20;1-3-4-5(2)6/h3-4,7-9,12-13,16,19,21,25H,2,5-6,10-11H2,1H3;6H,3-4H2,1-2H3. The molecular formula is C27H35F2N3O2. The molecule has 2 N–H and O–H groups in total. The van der Waals surface area contributed by atoms with Crippen LogP contribution >= 0.6 is 0 Å². The van der Waals surface area contributed by atoms with E-state index in [2.05, 4.69) is 18.5 Å². The number of rotatable bonds is 7. The Morgan fingerprint density at radius 3 is 2.44 bits per heavy atom. The molecule has 0 spiro atoms. The van der Waals surface area contributed by atoms with Gasteiger partial charge in [0.05, 0.1) is 11.7 Å². The number of aromatic nitrogens is 1. The number of hydrogen-bond acceptors (Lipinski definition) is 3. The number of amides is 1. The van der Waals surface area contributed by atoms with Crippen LogP contribution in [0.4, 0.5) is 8.78 Å². The number of carbonyl (C=O) groups excluding carboxylic acids is 1. The molecular weight excluding hydrogens is 436 g/mol. The van der Waals surface area contributed by atoms with Gasteiger partial charge in [0.15, 0.2) is 0 Å². The lowest BCUT2D eigenvalue weighted by molar-refractivity contribution is -0.145. The smallest absolute Gasteiger partial charge is 0.226 e. The van der Waals surface area contributed by atoms with Crippen molar-refractivity contribution < 1.29 is 18.3 Å². The molecule has 1 aliphatic carbocycles. The van der Waals surface area contributed by atoms with Crippen LogP contribution in [0.2, 0.25) is 0 Å². The molecule has 1 saturated carbocycles. The van der Waals surface area contributed by atoms with E-state index in [0.717, 1.165) is 36.7 Å². The number of hydrogen-bond donors (Lipinski definition) is 2. The minimum absolute atomic E-state index is 0.0345. The predicted molar refractivity (Wildman–Crippen MR) is 130 cm³/mol. The molecule has 0 radical (unpaired) electrons. The summed E-state index contributed by atoms with van der Waals surface area (Å²) in [5.74, 6) is -0.722. The third kappa shape index (κ3) is 6.33. The highest BCUT2D eigenvalue weighted by atomic mass is 19.1. The molecule has 1 aliphatic heterocycles. The number of nitrogens with one attached hydrogen (secondary N) is 2. The van der Waals surface area contributed by atoms with Gasteiger partial charge in [-0.05, 0) is 75.8 Å². The molecule has 2 unspecified atom stereocenters. The van der Waals surface area contributed by atoms with Crippen molar-refractivity contribution in [2.75, 3.05) is 0 Å². The molecule has 7 heteroatoms. The second-order valence-electron chi connectivity index (χ2n) is 9.34. The van der Waals surface area contributed by atoms with Gasteiger partial charge >= 0.3 is 0 Å². The molecule has 1 aromatic carbocycles. The molecule has 1 amide bonds. The zero-order chi connectivity index (χ0) is 24.8. The second kappa shape index (κ2) is 11.4. The number of benzene rings is 1. The van der Waals surface area contributed by atoms with Crippen LogP contribution in [0.1, 0.15) is 76.6 Å². The molecule has 4 rings (SSSR count). The van der Waals surface area contributed by atoms with Gasteiger partial charge in [-0.15, -0.1) is 0 Å². The molecule has 2 fully saturated rings. The first-order chi connectivity index (χ1) is 16.2. The number of carbonyl (C=O) groups is 1. The third-order valence-corrected chi connectivity index (χ3v) is 6.47. The summed E-state index contributed by atoms with van der Waals surface area (Å²) in [5, 5.41) is 6.89. The lowest BCUT2D eigenvalue weighted by atomic mass is 9.80. The monoisotopic (exact) mass is 471 g/mol. The largest absolute Gasteiger partial charge is 0.489 e. The van der Waals surface area contributed by atoms with Crippen LogP contribution in [-0.2, 0) is 9.53 Å². The topological polar surface area (TPSA) is 69.2 Å². The van der Waals surface area contributed by atoms with E-state index >= 15 is 0 Å². The fourth-order valence-electron chi connectivity index (χ4n) is 4.67. The van der Waals surface area contributed by atoms with Crippen molar-refractivity contribution in [1.82, 2.24) is 9.88 Å². The van der Waals surface area contributed by atoms with Crippen molar-refractivity contribution in [1.29, 1.82) is 5.41 Å². The number of halogens is 2. The molecule has 5 nitrogen and oxygen atoms in total. The van der Waals surface area contributed by atoms with Crippen LogP contribution in [0.5, 0.6) is 0 Å². The molecule has 1 saturated heterocycles. The first-order valence-electron chi connectivity index (χ1n) is 12.0. The van der Waals surface area contributed by atoms with Gasteiger partial charge in [-0.1, -0.05) is 19.9 Å². The average Bonchev–Trinajstić information content (AvgIpc) is 3.39. The fraction of sp³-hybridized carbons (Fsp3) is 0.481. The Bertz CT molecular complexity index is 979. The average molecular weight is 472 g/mol. The predicted octanol–water partition coefficient (Wildman–Crippen LogP) is 6.64. The number of likely N-dealkylation sites (tertiary alicyclic amines) is 1. The Kier molecular flexibility index (Phi) is 8.64. The summed E-state index contributed by atoms with van der Waals surface area (Å²) < 4.78 is 33.2. The van der Waals surface area contributed by atoms with Crippen LogP contribution in [-0.4, -0.2) is 33.6 Å². The normalized spacial score (nSPS) is 23.5. The van der Waals surface area contributed by atoms with E-state index in [4.69, 9.17) is 10.1 Å². The second-order valence-corrected chi connectivity index (χ2v) is 9.34. The molecule has 1 aromatic heterocycles. The maximum absolute atomic E-state index is 13.7. The van der Waals surface area contributed by atoms with Crippen molar-refractivity contribution in [3.8, 4) is 0 Å². The van der Waals surface area contributed by atoms with E-state index in [1.54, 1.807) is 6.20 Å². The SMILES string of the molecule is C=C(OC1CC(C(=O)N2C(C)CCC2c2cc(F)cc(F)c2)C1)c1ccc[nH]1.CCCC(C)=N. The zero-order valence-corrected chi connectivity index (χ0v) is 20.2. The summed E-state index contributed by atoms with van der Waals surface area (Å²) in [6.45, 7) is 9.84. The van der Waals surface area contributed by atoms with Crippen LogP contribution in [0.3, 0.4) is 0 Å². The minimum atomic E-state index is -0.609. The Balaban J connectivity index is 0.000000481. The van der Waals surface area contributed by atoms with E-state index < -0.39 is 11.6 Å². The van der Waals surface area contributed by atoms with Gasteiger partial charge in [0.2, 0.25) is 5.91 Å². The summed E-state index contributed by atoms with van der Waals surface area (Å²) in [6.07, 6.45) is 6.64. The van der Waals surface area contributed by atoms with Crippen molar-refractivity contribution >= 4 is 17.4 Å². The third-order valence-electron chi connectivity index (χ3n) is 6.47. The lowest BCUT2D eigenvalue weighted by Gasteiger charge is -2.39. The molecule has 0 bridgehead atoms. The Morgan fingerprint density at radius 1 is 1.24 bits per heavy atom. The number of aromatic amines is 1. The molecule has 2 aliphatic rings. The summed E-state index contributed by atoms with van der Waals surface area (Å²) in [6, 6.07) is 7.07. The summed E-state index contributed by atoms with van der Waals surface area (Å²) in [4.78, 5) is 18.0. The van der Waals surface area contributed by atoms with Crippen LogP contribution in [0, 0.1) is 23.0 Å². The van der Waals surface area contributed by atoms with E-state index in [1.807, 2.05) is 30.9 Å². The van der Waals surface area contributed by atoms with Crippen molar-refractivity contribution in [2.24, 2.45) is 5.92 Å². The van der Waals surface area contributed by atoms with Crippen LogP contribution in [0.25, 0.3) is 5.76 Å². The van der Waals surface area contributed by atoms with Gasteiger partial charge < -0.3 is 20.0 Å². The Hall–Kier alpha value is -2.96. The Labute approximate surface area is 200 Å². The molecule has 2 atom stereocenters. The van der Waals surface area contributed by atoms with Crippen molar-refractivity contribution in [3.05, 3.63) is 66.0 Å². The van der Waals surface area contributed by atoms with Crippen LogP contribution < -0.4 is 0 Å². The highest BCUT2D eigenvalue weighted by molar-refractivity contribution is 5.81. The lowest BCUT2D eigenvalue weighted by Crippen LogP contribution is -2.46. The van der Waals surface area contributed by atoms with Crippen molar-refractivity contribution in [3.63, 3.8) is 0 Å². The van der Waals surface area contributed by atoms with E-state index in [0.29, 0.717) is 30.6 Å². The number of ether oxygens (including phenoxy) is 1. The van der Waals surface area contributed by atoms with E-state index in [-0.39, 0.29) is 30.0 Å². The molecule has 2 aromatic rings. The van der Waals surface area contributed by atoms with Crippen molar-refractivity contribution in [2.45, 2.75) is 77.5 Å². The Morgan fingerprint density at radius 2 is 1.91 bits per heavy atom. The molecule has 184 valence electrons. The quantitative estimate of drug-likeness (QED) is 0.351. The highest BCUT2D eigenvalue weighted by Gasteiger charge is 2.44. The minimum Gasteiger partial charge on any atom is -0.489 e. The van der Waals surface area contributed by atoms with Gasteiger partial charge in [0, 0.05) is 29.9 Å². The van der Waals surface area contributed by atoms with E-state index in [9.17, 15) is 13.6 Å². The molecule has 34 heavy (non-hydrogen) atoms. The van der Waals surface area contributed by atoms with Gasteiger partial charge in [0.1, 0.15) is 23.5 Å². The number of H-pyrrole nitrogens is 1. The maximum Gasteiger partial charge on any atom is 0.226 e.